The molecule has 2 aliphatic carbocycles. The molecule has 1 heterocycles. The first-order chi connectivity index (χ1) is 13.7. The van der Waals surface area contributed by atoms with Gasteiger partial charge >= 0.3 is 5.97 Å². The number of carboxylic acid groups (broad SMARTS) is 1. The molecule has 5 nitrogen and oxygen atoms in total. The fourth-order valence-corrected chi connectivity index (χ4v) is 6.23. The Kier molecular flexibility index (Phi) is 3.53. The maximum atomic E-state index is 12.9. The van der Waals surface area contributed by atoms with Crippen molar-refractivity contribution in [3.8, 4) is 5.75 Å². The molecular weight excluding hydrogens is 366 g/mol. The van der Waals surface area contributed by atoms with Crippen LogP contribution in [0, 0.1) is 11.3 Å². The van der Waals surface area contributed by atoms with E-state index in [4.69, 9.17) is 9.84 Å². The first-order valence-corrected chi connectivity index (χ1v) is 10.2. The first kappa shape index (κ1) is 18.2. The Bertz CT molecular complexity index is 1050. The molecule has 0 aromatic heterocycles. The number of ether oxygens (including phenoxy) is 1. The van der Waals surface area contributed by atoms with Gasteiger partial charge in [-0.15, -0.1) is 0 Å². The second-order valence-corrected chi connectivity index (χ2v) is 9.38. The molecule has 5 rings (SSSR count). The molecule has 4 atom stereocenters. The van der Waals surface area contributed by atoms with Gasteiger partial charge in [0.15, 0.2) is 0 Å². The monoisotopic (exact) mass is 391 g/mol. The summed E-state index contributed by atoms with van der Waals surface area (Å²) in [7, 11) is 0. The number of hydrogen-bond donors (Lipinski definition) is 2. The summed E-state index contributed by atoms with van der Waals surface area (Å²) >= 11 is 0. The molecule has 2 saturated carbocycles. The number of amides is 1. The summed E-state index contributed by atoms with van der Waals surface area (Å²) < 4.78 is 6.52. The largest absolute Gasteiger partial charge is 0.486 e. The van der Waals surface area contributed by atoms with Crippen LogP contribution in [0.25, 0.3) is 0 Å². The average molecular weight is 391 g/mol. The summed E-state index contributed by atoms with van der Waals surface area (Å²) in [6.07, 6.45) is 3.57. The molecule has 150 valence electrons. The van der Waals surface area contributed by atoms with E-state index in [1.807, 2.05) is 12.1 Å². The quantitative estimate of drug-likeness (QED) is 0.783. The SMILES string of the molecule is CC12CCC(C1)C1(C)Oc3ccc(C(=O)Nc4ccc(C(=O)O)cc4)cc3C21C. The molecule has 2 N–H and O–H groups in total. The minimum absolute atomic E-state index is 0.113. The van der Waals surface area contributed by atoms with E-state index in [-0.39, 0.29) is 27.9 Å². The van der Waals surface area contributed by atoms with E-state index < -0.39 is 5.97 Å². The summed E-state index contributed by atoms with van der Waals surface area (Å²) in [5.74, 6) is 0.253. The van der Waals surface area contributed by atoms with Gasteiger partial charge in [0.2, 0.25) is 0 Å². The van der Waals surface area contributed by atoms with Gasteiger partial charge in [0.05, 0.1) is 5.56 Å². The lowest BCUT2D eigenvalue weighted by molar-refractivity contribution is -0.0260. The second kappa shape index (κ2) is 5.62. The van der Waals surface area contributed by atoms with Gasteiger partial charge < -0.3 is 15.2 Å². The second-order valence-electron chi connectivity index (χ2n) is 9.38. The van der Waals surface area contributed by atoms with Crippen LogP contribution in [-0.2, 0) is 5.41 Å². The third kappa shape index (κ3) is 2.21. The van der Waals surface area contributed by atoms with Crippen molar-refractivity contribution in [2.24, 2.45) is 11.3 Å². The molecule has 2 fully saturated rings. The smallest absolute Gasteiger partial charge is 0.335 e. The molecule has 4 unspecified atom stereocenters. The Labute approximate surface area is 170 Å². The van der Waals surface area contributed by atoms with Crippen molar-refractivity contribution < 1.29 is 19.4 Å². The summed E-state index contributed by atoms with van der Waals surface area (Å²) in [6, 6.07) is 11.9. The Morgan fingerprint density at radius 3 is 2.45 bits per heavy atom. The number of carbonyl (C=O) groups excluding carboxylic acids is 1. The Morgan fingerprint density at radius 1 is 1.07 bits per heavy atom. The van der Waals surface area contributed by atoms with Crippen LogP contribution < -0.4 is 10.1 Å². The van der Waals surface area contributed by atoms with Gasteiger partial charge in [-0.2, -0.15) is 0 Å². The van der Waals surface area contributed by atoms with E-state index in [1.54, 1.807) is 18.2 Å². The Hall–Kier alpha value is -2.82. The maximum absolute atomic E-state index is 12.9. The van der Waals surface area contributed by atoms with Crippen molar-refractivity contribution in [1.29, 1.82) is 0 Å². The van der Waals surface area contributed by atoms with Crippen molar-refractivity contribution in [2.45, 2.75) is 51.0 Å². The lowest BCUT2D eigenvalue weighted by atomic mass is 9.56. The summed E-state index contributed by atoms with van der Waals surface area (Å²) in [6.45, 7) is 6.92. The van der Waals surface area contributed by atoms with Gasteiger partial charge in [-0.3, -0.25) is 4.79 Å². The van der Waals surface area contributed by atoms with Crippen molar-refractivity contribution in [3.05, 3.63) is 59.2 Å². The maximum Gasteiger partial charge on any atom is 0.335 e. The Morgan fingerprint density at radius 2 is 1.76 bits per heavy atom. The van der Waals surface area contributed by atoms with E-state index in [1.165, 1.54) is 31.4 Å². The molecule has 2 bridgehead atoms. The fourth-order valence-electron chi connectivity index (χ4n) is 6.23. The van der Waals surface area contributed by atoms with Gasteiger partial charge in [0, 0.05) is 22.2 Å². The van der Waals surface area contributed by atoms with E-state index in [0.29, 0.717) is 17.2 Å². The van der Waals surface area contributed by atoms with Crippen LogP contribution in [0.3, 0.4) is 0 Å². The number of nitrogens with one attached hydrogen (secondary N) is 1. The van der Waals surface area contributed by atoms with Crippen LogP contribution in [0.4, 0.5) is 5.69 Å². The van der Waals surface area contributed by atoms with E-state index in [2.05, 4.69) is 26.1 Å². The van der Waals surface area contributed by atoms with Gasteiger partial charge in [-0.1, -0.05) is 13.8 Å². The highest BCUT2D eigenvalue weighted by molar-refractivity contribution is 6.04. The predicted molar refractivity (Wildman–Crippen MR) is 110 cm³/mol. The third-order valence-electron chi connectivity index (χ3n) is 8.21. The lowest BCUT2D eigenvalue weighted by Gasteiger charge is -2.48. The van der Waals surface area contributed by atoms with Crippen molar-refractivity contribution in [2.75, 3.05) is 5.32 Å². The molecule has 5 heteroatoms. The molecule has 3 aliphatic rings. The number of hydrogen-bond acceptors (Lipinski definition) is 3. The van der Waals surface area contributed by atoms with Gasteiger partial charge in [0.25, 0.3) is 5.91 Å². The van der Waals surface area contributed by atoms with Crippen LogP contribution in [0.1, 0.15) is 66.3 Å². The molecule has 2 aromatic rings. The van der Waals surface area contributed by atoms with Crippen molar-refractivity contribution in [3.63, 3.8) is 0 Å². The Balaban J connectivity index is 1.46. The molecule has 2 aromatic carbocycles. The molecule has 29 heavy (non-hydrogen) atoms. The van der Waals surface area contributed by atoms with E-state index in [9.17, 15) is 9.59 Å². The molecule has 0 radical (unpaired) electrons. The zero-order chi connectivity index (χ0) is 20.6. The van der Waals surface area contributed by atoms with Gasteiger partial charge in [0.1, 0.15) is 11.4 Å². The summed E-state index contributed by atoms with van der Waals surface area (Å²) in [5.41, 5.74) is 2.33. The normalized spacial score (nSPS) is 33.7. The number of carbonyl (C=O) groups is 2. The fraction of sp³-hybridized carbons (Fsp3) is 0.417. The van der Waals surface area contributed by atoms with Crippen molar-refractivity contribution in [1.82, 2.24) is 0 Å². The summed E-state index contributed by atoms with van der Waals surface area (Å²) in [5, 5.41) is 11.9. The zero-order valence-corrected chi connectivity index (χ0v) is 16.9. The molecule has 0 saturated heterocycles. The topological polar surface area (TPSA) is 75.6 Å². The van der Waals surface area contributed by atoms with Gasteiger partial charge in [-0.25, -0.2) is 4.79 Å². The predicted octanol–water partition coefficient (Wildman–Crippen LogP) is 4.87. The molecule has 1 aliphatic heterocycles. The van der Waals surface area contributed by atoms with Gasteiger partial charge in [-0.05, 0) is 80.0 Å². The molecular formula is C24H25NO4. The highest BCUT2D eigenvalue weighted by atomic mass is 16.5. The van der Waals surface area contributed by atoms with Crippen LogP contribution in [0.2, 0.25) is 0 Å². The number of benzene rings is 2. The summed E-state index contributed by atoms with van der Waals surface area (Å²) in [4.78, 5) is 23.9. The molecule has 1 amide bonds. The number of rotatable bonds is 3. The molecule has 0 spiro atoms. The van der Waals surface area contributed by atoms with Crippen molar-refractivity contribution >= 4 is 17.6 Å². The third-order valence-corrected chi connectivity index (χ3v) is 8.21. The number of anilines is 1. The number of aromatic carboxylic acids is 1. The lowest BCUT2D eigenvalue weighted by Crippen LogP contribution is -2.54. The standard InChI is InChI=1S/C24H25NO4/c1-22-11-10-16(13-22)24(3)23(22,2)18-12-15(6-9-19(18)29-24)20(26)25-17-7-4-14(5-8-17)21(27)28/h4-9,12,16H,10-11,13H2,1-3H3,(H,25,26)(H,27,28). The van der Waals surface area contributed by atoms with Crippen LogP contribution in [0.5, 0.6) is 5.75 Å². The average Bonchev–Trinajstić information content (AvgIpc) is 3.26. The first-order valence-electron chi connectivity index (χ1n) is 10.2. The van der Waals surface area contributed by atoms with E-state index in [0.717, 1.165) is 11.3 Å². The number of carboxylic acids is 1. The van der Waals surface area contributed by atoms with E-state index >= 15 is 0 Å². The highest BCUT2D eigenvalue weighted by Crippen LogP contribution is 2.73. The zero-order valence-electron chi connectivity index (χ0n) is 16.9. The highest BCUT2D eigenvalue weighted by Gasteiger charge is 2.73. The minimum atomic E-state index is -0.989. The minimum Gasteiger partial charge on any atom is -0.486 e. The van der Waals surface area contributed by atoms with Crippen LogP contribution in [-0.4, -0.2) is 22.6 Å². The number of fused-ring (bicyclic) bond motifs is 7. The van der Waals surface area contributed by atoms with Crippen LogP contribution in [0.15, 0.2) is 42.5 Å². The van der Waals surface area contributed by atoms with Crippen LogP contribution >= 0.6 is 0 Å².